The van der Waals surface area contributed by atoms with Crippen LogP contribution in [0.2, 0.25) is 0 Å². The standard InChI is InChI=1S/C10H9BrClF3O2/c11-8-5-7(6-12)1-2-9(8)16-3-4-17-10(13,14)15/h1-2,5H,3-4,6H2. The fraction of sp³-hybridized carbons (Fsp3) is 0.400. The normalized spacial score (nSPS) is 11.6. The zero-order valence-corrected chi connectivity index (χ0v) is 10.9. The number of hydrogen-bond acceptors (Lipinski definition) is 2. The molecule has 0 bridgehead atoms. The minimum absolute atomic E-state index is 0.182. The smallest absolute Gasteiger partial charge is 0.490 e. The van der Waals surface area contributed by atoms with Gasteiger partial charge >= 0.3 is 6.36 Å². The fourth-order valence-corrected chi connectivity index (χ4v) is 1.76. The summed E-state index contributed by atoms with van der Waals surface area (Å²) in [4.78, 5) is 0. The van der Waals surface area contributed by atoms with Gasteiger partial charge in [-0.05, 0) is 33.6 Å². The molecule has 1 aromatic rings. The van der Waals surface area contributed by atoms with Crippen LogP contribution in [0.5, 0.6) is 5.75 Å². The molecule has 0 aliphatic rings. The molecule has 1 rings (SSSR count). The van der Waals surface area contributed by atoms with E-state index in [4.69, 9.17) is 16.3 Å². The maximum atomic E-state index is 11.7. The van der Waals surface area contributed by atoms with Gasteiger partial charge in [0, 0.05) is 5.88 Å². The van der Waals surface area contributed by atoms with E-state index in [-0.39, 0.29) is 6.61 Å². The molecular formula is C10H9BrClF3O2. The average Bonchev–Trinajstić information content (AvgIpc) is 2.24. The minimum Gasteiger partial charge on any atom is -0.490 e. The first-order chi connectivity index (χ1) is 7.92. The largest absolute Gasteiger partial charge is 0.522 e. The number of halogens is 5. The lowest BCUT2D eigenvalue weighted by molar-refractivity contribution is -0.325. The van der Waals surface area contributed by atoms with Crippen molar-refractivity contribution in [3.05, 3.63) is 28.2 Å². The highest BCUT2D eigenvalue weighted by Crippen LogP contribution is 2.26. The number of ether oxygens (including phenoxy) is 2. The van der Waals surface area contributed by atoms with Crippen molar-refractivity contribution < 1.29 is 22.6 Å². The third-order valence-corrected chi connectivity index (χ3v) is 2.69. The molecular weight excluding hydrogens is 324 g/mol. The second-order valence-corrected chi connectivity index (χ2v) is 4.16. The summed E-state index contributed by atoms with van der Waals surface area (Å²) in [6.07, 6.45) is -4.62. The van der Waals surface area contributed by atoms with Crippen molar-refractivity contribution in [1.82, 2.24) is 0 Å². The molecule has 0 spiro atoms. The van der Waals surface area contributed by atoms with Crippen LogP contribution in [0.1, 0.15) is 5.56 Å². The van der Waals surface area contributed by atoms with Crippen LogP contribution in [-0.4, -0.2) is 19.6 Å². The highest BCUT2D eigenvalue weighted by Gasteiger charge is 2.28. The van der Waals surface area contributed by atoms with Gasteiger partial charge in [-0.2, -0.15) is 0 Å². The van der Waals surface area contributed by atoms with Gasteiger partial charge in [0.1, 0.15) is 12.4 Å². The Bertz CT molecular complexity index is 371. The van der Waals surface area contributed by atoms with E-state index in [0.29, 0.717) is 16.1 Å². The van der Waals surface area contributed by atoms with Crippen LogP contribution in [0.4, 0.5) is 13.2 Å². The predicted octanol–water partition coefficient (Wildman–Crippen LogP) is 4.10. The van der Waals surface area contributed by atoms with Gasteiger partial charge < -0.3 is 4.74 Å². The molecule has 0 saturated carbocycles. The first-order valence-corrected chi connectivity index (χ1v) is 5.93. The number of alkyl halides is 4. The molecule has 0 fully saturated rings. The molecule has 0 unspecified atom stereocenters. The summed E-state index contributed by atoms with van der Waals surface area (Å²) in [5.74, 6) is 0.806. The molecule has 96 valence electrons. The quantitative estimate of drug-likeness (QED) is 0.596. The van der Waals surface area contributed by atoms with Gasteiger partial charge in [-0.3, -0.25) is 4.74 Å². The zero-order valence-electron chi connectivity index (χ0n) is 8.56. The maximum absolute atomic E-state index is 11.7. The van der Waals surface area contributed by atoms with Crippen molar-refractivity contribution in [1.29, 1.82) is 0 Å². The van der Waals surface area contributed by atoms with Crippen molar-refractivity contribution >= 4 is 27.5 Å². The summed E-state index contributed by atoms with van der Waals surface area (Å²) in [5.41, 5.74) is 0.887. The second kappa shape index (κ2) is 6.47. The third kappa shape index (κ3) is 5.61. The molecule has 0 radical (unpaired) electrons. The molecule has 0 aliphatic heterocycles. The van der Waals surface area contributed by atoms with Gasteiger partial charge in [-0.1, -0.05) is 6.07 Å². The molecule has 0 atom stereocenters. The minimum atomic E-state index is -4.62. The second-order valence-electron chi connectivity index (χ2n) is 3.04. The van der Waals surface area contributed by atoms with E-state index in [0.717, 1.165) is 5.56 Å². The van der Waals surface area contributed by atoms with Gasteiger partial charge in [0.25, 0.3) is 0 Å². The first-order valence-electron chi connectivity index (χ1n) is 4.60. The van der Waals surface area contributed by atoms with E-state index in [2.05, 4.69) is 20.7 Å². The lowest BCUT2D eigenvalue weighted by Crippen LogP contribution is -2.18. The molecule has 0 amide bonds. The fourth-order valence-electron chi connectivity index (χ4n) is 1.05. The van der Waals surface area contributed by atoms with Gasteiger partial charge in [-0.25, -0.2) is 0 Å². The van der Waals surface area contributed by atoms with Gasteiger partial charge in [-0.15, -0.1) is 24.8 Å². The molecule has 0 saturated heterocycles. The lowest BCUT2D eigenvalue weighted by atomic mass is 10.2. The van der Waals surface area contributed by atoms with Crippen molar-refractivity contribution in [2.75, 3.05) is 13.2 Å². The molecule has 2 nitrogen and oxygen atoms in total. The van der Waals surface area contributed by atoms with Crippen LogP contribution in [0, 0.1) is 0 Å². The Morgan fingerprint density at radius 1 is 1.24 bits per heavy atom. The van der Waals surface area contributed by atoms with Crippen molar-refractivity contribution in [3.63, 3.8) is 0 Å². The van der Waals surface area contributed by atoms with Crippen LogP contribution in [-0.2, 0) is 10.6 Å². The van der Waals surface area contributed by atoms with E-state index in [9.17, 15) is 13.2 Å². The topological polar surface area (TPSA) is 18.5 Å². The summed E-state index contributed by atoms with van der Waals surface area (Å²) >= 11 is 8.85. The molecule has 7 heteroatoms. The predicted molar refractivity (Wildman–Crippen MR) is 61.2 cm³/mol. The SMILES string of the molecule is FC(F)(F)OCCOc1ccc(CCl)cc1Br. The van der Waals surface area contributed by atoms with Crippen molar-refractivity contribution in [2.45, 2.75) is 12.2 Å². The first kappa shape index (κ1) is 14.6. The molecule has 1 aromatic carbocycles. The summed E-state index contributed by atoms with van der Waals surface area (Å²) in [6, 6.07) is 5.11. The Morgan fingerprint density at radius 3 is 2.47 bits per heavy atom. The Balaban J connectivity index is 2.42. The van der Waals surface area contributed by atoms with Crippen LogP contribution < -0.4 is 4.74 Å². The Morgan fingerprint density at radius 2 is 1.94 bits per heavy atom. The van der Waals surface area contributed by atoms with Crippen LogP contribution in [0.15, 0.2) is 22.7 Å². The van der Waals surface area contributed by atoms with Crippen molar-refractivity contribution in [3.8, 4) is 5.75 Å². The van der Waals surface area contributed by atoms with Crippen LogP contribution in [0.25, 0.3) is 0 Å². The van der Waals surface area contributed by atoms with E-state index in [1.54, 1.807) is 18.2 Å². The van der Waals surface area contributed by atoms with Crippen LogP contribution in [0.3, 0.4) is 0 Å². The van der Waals surface area contributed by atoms with Crippen LogP contribution >= 0.6 is 27.5 Å². The molecule has 0 aromatic heterocycles. The Hall–Kier alpha value is -0.460. The van der Waals surface area contributed by atoms with E-state index < -0.39 is 13.0 Å². The number of hydrogen-bond donors (Lipinski definition) is 0. The van der Waals surface area contributed by atoms with Crippen molar-refractivity contribution in [2.24, 2.45) is 0 Å². The number of rotatable bonds is 5. The third-order valence-electron chi connectivity index (χ3n) is 1.76. The molecule has 0 N–H and O–H groups in total. The van der Waals surface area contributed by atoms with Gasteiger partial charge in [0.2, 0.25) is 0 Å². The summed E-state index contributed by atoms with van der Waals surface area (Å²) in [6.45, 7) is -0.731. The highest BCUT2D eigenvalue weighted by atomic mass is 79.9. The van der Waals surface area contributed by atoms with Gasteiger partial charge in [0.15, 0.2) is 0 Å². The summed E-state index contributed by atoms with van der Waals surface area (Å²) < 4.78 is 44.3. The molecule has 17 heavy (non-hydrogen) atoms. The maximum Gasteiger partial charge on any atom is 0.522 e. The Kier molecular flexibility index (Phi) is 5.55. The molecule has 0 heterocycles. The van der Waals surface area contributed by atoms with E-state index in [1.165, 1.54) is 0 Å². The average molecular weight is 334 g/mol. The zero-order chi connectivity index (χ0) is 12.9. The molecule has 0 aliphatic carbocycles. The summed E-state index contributed by atoms with van der Waals surface area (Å²) in [7, 11) is 0. The van der Waals surface area contributed by atoms with E-state index in [1.807, 2.05) is 0 Å². The number of benzene rings is 1. The highest BCUT2D eigenvalue weighted by molar-refractivity contribution is 9.10. The van der Waals surface area contributed by atoms with Gasteiger partial charge in [0.05, 0.1) is 11.1 Å². The lowest BCUT2D eigenvalue weighted by Gasteiger charge is -2.10. The monoisotopic (exact) mass is 332 g/mol. The van der Waals surface area contributed by atoms with E-state index >= 15 is 0 Å². The Labute approximate surface area is 110 Å². The summed E-state index contributed by atoms with van der Waals surface area (Å²) in [5, 5.41) is 0.